The Morgan fingerprint density at radius 3 is 2.77 bits per heavy atom. The zero-order chi connectivity index (χ0) is 9.42. The van der Waals surface area contributed by atoms with Crippen molar-refractivity contribution in [3.05, 3.63) is 16.4 Å². The SMILES string of the molecule is Cn1nc(C2CCC2)c(C=O)c1Cl. The van der Waals surface area contributed by atoms with Gasteiger partial charge in [-0.1, -0.05) is 18.0 Å². The van der Waals surface area contributed by atoms with E-state index in [1.54, 1.807) is 11.7 Å². The van der Waals surface area contributed by atoms with E-state index in [0.29, 0.717) is 16.6 Å². The van der Waals surface area contributed by atoms with Crippen molar-refractivity contribution in [2.24, 2.45) is 7.05 Å². The second-order valence-electron chi connectivity index (χ2n) is 3.46. The van der Waals surface area contributed by atoms with Crippen LogP contribution >= 0.6 is 11.6 Å². The number of nitrogens with zero attached hydrogens (tertiary/aromatic N) is 2. The van der Waals surface area contributed by atoms with Crippen molar-refractivity contribution in [3.8, 4) is 0 Å². The van der Waals surface area contributed by atoms with Crippen LogP contribution < -0.4 is 0 Å². The Kier molecular flexibility index (Phi) is 2.12. The second-order valence-corrected chi connectivity index (χ2v) is 3.82. The van der Waals surface area contributed by atoms with Crippen molar-refractivity contribution in [1.82, 2.24) is 9.78 Å². The molecule has 0 aliphatic heterocycles. The molecule has 1 aliphatic rings. The van der Waals surface area contributed by atoms with E-state index in [-0.39, 0.29) is 0 Å². The molecule has 2 rings (SSSR count). The van der Waals surface area contributed by atoms with Gasteiger partial charge in [0.05, 0.1) is 11.3 Å². The van der Waals surface area contributed by atoms with Gasteiger partial charge < -0.3 is 0 Å². The summed E-state index contributed by atoms with van der Waals surface area (Å²) in [7, 11) is 1.76. The van der Waals surface area contributed by atoms with Crippen LogP contribution in [0.25, 0.3) is 0 Å². The first-order valence-corrected chi connectivity index (χ1v) is 4.79. The molecule has 1 heterocycles. The van der Waals surface area contributed by atoms with Crippen LogP contribution in [0.3, 0.4) is 0 Å². The molecule has 0 atom stereocenters. The van der Waals surface area contributed by atoms with E-state index in [2.05, 4.69) is 5.10 Å². The van der Waals surface area contributed by atoms with Crippen LogP contribution in [-0.2, 0) is 7.05 Å². The van der Waals surface area contributed by atoms with E-state index < -0.39 is 0 Å². The Balaban J connectivity index is 2.43. The van der Waals surface area contributed by atoms with Gasteiger partial charge in [0.25, 0.3) is 0 Å². The number of carbonyl (C=O) groups is 1. The van der Waals surface area contributed by atoms with E-state index >= 15 is 0 Å². The second kappa shape index (κ2) is 3.14. The van der Waals surface area contributed by atoms with Crippen molar-refractivity contribution >= 4 is 17.9 Å². The summed E-state index contributed by atoms with van der Waals surface area (Å²) in [6.45, 7) is 0. The maximum Gasteiger partial charge on any atom is 0.155 e. The van der Waals surface area contributed by atoms with Crippen molar-refractivity contribution in [3.63, 3.8) is 0 Å². The highest BCUT2D eigenvalue weighted by atomic mass is 35.5. The lowest BCUT2D eigenvalue weighted by molar-refractivity contribution is 0.112. The van der Waals surface area contributed by atoms with Gasteiger partial charge in [0, 0.05) is 13.0 Å². The molecule has 1 saturated carbocycles. The lowest BCUT2D eigenvalue weighted by Crippen LogP contribution is -2.11. The largest absolute Gasteiger partial charge is 0.298 e. The molecule has 0 unspecified atom stereocenters. The summed E-state index contributed by atoms with van der Waals surface area (Å²) in [5, 5.41) is 4.71. The van der Waals surface area contributed by atoms with Crippen molar-refractivity contribution in [2.75, 3.05) is 0 Å². The average Bonchev–Trinajstić information content (AvgIpc) is 2.25. The predicted octanol–water partition coefficient (Wildman–Crippen LogP) is 2.15. The summed E-state index contributed by atoms with van der Waals surface area (Å²) < 4.78 is 1.57. The fourth-order valence-electron chi connectivity index (χ4n) is 1.63. The summed E-state index contributed by atoms with van der Waals surface area (Å²) in [5.41, 5.74) is 1.46. The topological polar surface area (TPSA) is 34.9 Å². The van der Waals surface area contributed by atoms with Gasteiger partial charge >= 0.3 is 0 Å². The summed E-state index contributed by atoms with van der Waals surface area (Å²) >= 11 is 5.91. The van der Waals surface area contributed by atoms with Gasteiger partial charge in [-0.3, -0.25) is 9.48 Å². The van der Waals surface area contributed by atoms with Crippen LogP contribution in [0.4, 0.5) is 0 Å². The smallest absolute Gasteiger partial charge is 0.155 e. The van der Waals surface area contributed by atoms with Crippen molar-refractivity contribution < 1.29 is 4.79 Å². The van der Waals surface area contributed by atoms with Gasteiger partial charge in [0.1, 0.15) is 5.15 Å². The van der Waals surface area contributed by atoms with Crippen LogP contribution in [0.1, 0.15) is 41.2 Å². The number of halogens is 1. The fourth-order valence-corrected chi connectivity index (χ4v) is 1.81. The first-order chi connectivity index (χ1) is 6.24. The van der Waals surface area contributed by atoms with Crippen LogP contribution in [0.5, 0.6) is 0 Å². The molecule has 4 heteroatoms. The molecule has 1 aliphatic carbocycles. The van der Waals surface area contributed by atoms with E-state index in [1.165, 1.54) is 6.42 Å². The van der Waals surface area contributed by atoms with Crippen LogP contribution in [0.2, 0.25) is 5.15 Å². The van der Waals surface area contributed by atoms with Crippen LogP contribution in [0, 0.1) is 0 Å². The minimum absolute atomic E-state index is 0.455. The molecule has 1 aromatic heterocycles. The fraction of sp³-hybridized carbons (Fsp3) is 0.556. The third-order valence-corrected chi connectivity index (χ3v) is 3.10. The number of rotatable bonds is 2. The molecule has 1 fully saturated rings. The Morgan fingerprint density at radius 1 is 1.62 bits per heavy atom. The summed E-state index contributed by atoms with van der Waals surface area (Å²) in [5.74, 6) is 0.457. The predicted molar refractivity (Wildman–Crippen MR) is 50.2 cm³/mol. The number of aldehydes is 1. The Morgan fingerprint density at radius 2 is 2.31 bits per heavy atom. The maximum atomic E-state index is 10.8. The molecule has 0 aromatic carbocycles. The van der Waals surface area contributed by atoms with E-state index in [4.69, 9.17) is 11.6 Å². The Hall–Kier alpha value is -0.830. The van der Waals surface area contributed by atoms with E-state index in [1.807, 2.05) is 0 Å². The summed E-state index contributed by atoms with van der Waals surface area (Å²) in [6.07, 6.45) is 4.31. The number of aryl methyl sites for hydroxylation is 1. The summed E-state index contributed by atoms with van der Waals surface area (Å²) in [4.78, 5) is 10.8. The highest BCUT2D eigenvalue weighted by Gasteiger charge is 2.26. The standard InChI is InChI=1S/C9H11ClN2O/c1-12-9(10)7(5-13)8(11-12)6-3-2-4-6/h5-6H,2-4H2,1H3. The molecule has 13 heavy (non-hydrogen) atoms. The minimum atomic E-state index is 0.455. The zero-order valence-electron chi connectivity index (χ0n) is 7.46. The molecule has 3 nitrogen and oxygen atoms in total. The maximum absolute atomic E-state index is 10.8. The van der Waals surface area contributed by atoms with Crippen molar-refractivity contribution in [2.45, 2.75) is 25.2 Å². The highest BCUT2D eigenvalue weighted by Crippen LogP contribution is 2.38. The van der Waals surface area contributed by atoms with Gasteiger partial charge in [-0.2, -0.15) is 5.10 Å². The molecule has 0 N–H and O–H groups in total. The Bertz CT molecular complexity index is 342. The monoisotopic (exact) mass is 198 g/mol. The average molecular weight is 199 g/mol. The molecule has 0 radical (unpaired) electrons. The van der Waals surface area contributed by atoms with Crippen LogP contribution in [0.15, 0.2) is 0 Å². The first-order valence-electron chi connectivity index (χ1n) is 4.41. The molecule has 0 bridgehead atoms. The molecule has 0 saturated heterocycles. The van der Waals surface area contributed by atoms with Gasteiger partial charge in [0.2, 0.25) is 0 Å². The number of hydrogen-bond donors (Lipinski definition) is 0. The third kappa shape index (κ3) is 1.27. The van der Waals surface area contributed by atoms with Crippen molar-refractivity contribution in [1.29, 1.82) is 0 Å². The number of aromatic nitrogens is 2. The quantitative estimate of drug-likeness (QED) is 0.683. The zero-order valence-corrected chi connectivity index (χ0v) is 8.21. The lowest BCUT2D eigenvalue weighted by Gasteiger charge is -2.23. The molecule has 1 aromatic rings. The molecule has 0 spiro atoms. The first kappa shape index (κ1) is 8.75. The lowest BCUT2D eigenvalue weighted by atomic mass is 9.82. The van der Waals surface area contributed by atoms with E-state index in [9.17, 15) is 4.79 Å². The number of hydrogen-bond acceptors (Lipinski definition) is 2. The molecule has 70 valence electrons. The van der Waals surface area contributed by atoms with E-state index in [0.717, 1.165) is 24.8 Å². The van der Waals surface area contributed by atoms with Gasteiger partial charge in [-0.05, 0) is 12.8 Å². The van der Waals surface area contributed by atoms with Gasteiger partial charge in [-0.25, -0.2) is 0 Å². The Labute approximate surface area is 81.7 Å². The molecular weight excluding hydrogens is 188 g/mol. The third-order valence-electron chi connectivity index (χ3n) is 2.65. The summed E-state index contributed by atoms with van der Waals surface area (Å²) in [6, 6.07) is 0. The minimum Gasteiger partial charge on any atom is -0.298 e. The normalized spacial score (nSPS) is 17.1. The van der Waals surface area contributed by atoms with Crippen LogP contribution in [-0.4, -0.2) is 16.1 Å². The number of carbonyl (C=O) groups excluding carboxylic acids is 1. The van der Waals surface area contributed by atoms with Gasteiger partial charge in [-0.15, -0.1) is 0 Å². The highest BCUT2D eigenvalue weighted by molar-refractivity contribution is 6.32. The molecular formula is C9H11ClN2O. The molecule has 0 amide bonds. The van der Waals surface area contributed by atoms with Gasteiger partial charge in [0.15, 0.2) is 6.29 Å².